The van der Waals surface area contributed by atoms with Gasteiger partial charge in [0.1, 0.15) is 0 Å². The number of carbonyl (C=O) groups excluding carboxylic acids is 1. The van der Waals surface area contributed by atoms with E-state index in [1.807, 2.05) is 13.8 Å². The minimum atomic E-state index is -0.825. The molecular formula is C19H29F2N5O. The molecule has 0 atom stereocenters. The quantitative estimate of drug-likeness (QED) is 0.575. The van der Waals surface area contributed by atoms with E-state index in [0.717, 1.165) is 38.2 Å². The van der Waals surface area contributed by atoms with Crippen LogP contribution in [0.25, 0.3) is 0 Å². The molecule has 1 saturated heterocycles. The van der Waals surface area contributed by atoms with Crippen LogP contribution in [0.4, 0.5) is 8.78 Å². The molecule has 1 aromatic carbocycles. The lowest BCUT2D eigenvalue weighted by Gasteiger charge is -2.36. The van der Waals surface area contributed by atoms with Gasteiger partial charge in [-0.25, -0.2) is 8.78 Å². The Balaban J connectivity index is 1.77. The van der Waals surface area contributed by atoms with E-state index in [0.29, 0.717) is 25.1 Å². The van der Waals surface area contributed by atoms with Crippen molar-refractivity contribution in [2.75, 3.05) is 46.3 Å². The van der Waals surface area contributed by atoms with Crippen molar-refractivity contribution in [3.63, 3.8) is 0 Å². The van der Waals surface area contributed by atoms with Gasteiger partial charge in [-0.15, -0.1) is 0 Å². The highest BCUT2D eigenvalue weighted by atomic mass is 19.2. The summed E-state index contributed by atoms with van der Waals surface area (Å²) in [6.45, 7) is 7.80. The van der Waals surface area contributed by atoms with Gasteiger partial charge in [0.25, 0.3) is 0 Å². The molecule has 0 unspecified atom stereocenters. The smallest absolute Gasteiger partial charge is 0.234 e. The summed E-state index contributed by atoms with van der Waals surface area (Å²) in [4.78, 5) is 20.4. The number of guanidine groups is 1. The first kappa shape index (κ1) is 21.1. The van der Waals surface area contributed by atoms with Crippen LogP contribution in [0.3, 0.4) is 0 Å². The van der Waals surface area contributed by atoms with Crippen molar-refractivity contribution >= 4 is 11.9 Å². The number of hydrogen-bond acceptors (Lipinski definition) is 3. The summed E-state index contributed by atoms with van der Waals surface area (Å²) < 4.78 is 27.0. The fourth-order valence-electron chi connectivity index (χ4n) is 3.07. The maximum atomic E-state index is 13.7. The molecule has 1 aromatic rings. The zero-order valence-corrected chi connectivity index (χ0v) is 16.3. The van der Waals surface area contributed by atoms with Crippen LogP contribution in [0.1, 0.15) is 19.4 Å². The second-order valence-electron chi connectivity index (χ2n) is 6.92. The van der Waals surface area contributed by atoms with Crippen molar-refractivity contribution < 1.29 is 13.6 Å². The Bertz CT molecular complexity index is 658. The molecule has 2 rings (SSSR count). The van der Waals surface area contributed by atoms with Crippen molar-refractivity contribution in [1.82, 2.24) is 20.4 Å². The molecule has 27 heavy (non-hydrogen) atoms. The fraction of sp³-hybridized carbons (Fsp3) is 0.579. The molecule has 1 heterocycles. The van der Waals surface area contributed by atoms with Crippen molar-refractivity contribution in [2.24, 2.45) is 4.99 Å². The standard InChI is InChI=1S/C19H29F2N5O/c1-14(2)24-17(27)13-25-9-11-26(12-10-25)19(22-3)23-8-7-15-5-4-6-16(20)18(15)21/h4-6,14H,7-13H2,1-3H3,(H,22,23)(H,24,27). The van der Waals surface area contributed by atoms with Crippen molar-refractivity contribution in [3.8, 4) is 0 Å². The van der Waals surface area contributed by atoms with Crippen LogP contribution in [-0.4, -0.2) is 74.0 Å². The predicted molar refractivity (Wildman–Crippen MR) is 103 cm³/mol. The molecule has 8 heteroatoms. The molecule has 0 radical (unpaired) electrons. The second kappa shape index (κ2) is 10.2. The van der Waals surface area contributed by atoms with Crippen molar-refractivity contribution in [2.45, 2.75) is 26.3 Å². The van der Waals surface area contributed by atoms with E-state index >= 15 is 0 Å². The Hall–Kier alpha value is -2.22. The van der Waals surface area contributed by atoms with Crippen LogP contribution < -0.4 is 10.6 Å². The highest BCUT2D eigenvalue weighted by molar-refractivity contribution is 5.80. The van der Waals surface area contributed by atoms with Crippen molar-refractivity contribution in [1.29, 1.82) is 0 Å². The first-order valence-electron chi connectivity index (χ1n) is 9.31. The molecule has 0 spiro atoms. The Labute approximate surface area is 159 Å². The lowest BCUT2D eigenvalue weighted by molar-refractivity contribution is -0.123. The molecule has 1 aliphatic rings. The van der Waals surface area contributed by atoms with E-state index in [9.17, 15) is 13.6 Å². The molecule has 0 bridgehead atoms. The lowest BCUT2D eigenvalue weighted by atomic mass is 10.1. The minimum Gasteiger partial charge on any atom is -0.356 e. The third-order valence-corrected chi connectivity index (χ3v) is 4.41. The zero-order chi connectivity index (χ0) is 19.8. The Morgan fingerprint density at radius 1 is 1.22 bits per heavy atom. The molecule has 2 N–H and O–H groups in total. The molecule has 1 aliphatic heterocycles. The van der Waals surface area contributed by atoms with Gasteiger partial charge in [0, 0.05) is 45.8 Å². The number of nitrogens with zero attached hydrogens (tertiary/aromatic N) is 3. The molecule has 1 fully saturated rings. The largest absolute Gasteiger partial charge is 0.356 e. The minimum absolute atomic E-state index is 0.0399. The maximum absolute atomic E-state index is 13.7. The van der Waals surface area contributed by atoms with Gasteiger partial charge in [0.15, 0.2) is 17.6 Å². The Kier molecular flexibility index (Phi) is 7.97. The van der Waals surface area contributed by atoms with Gasteiger partial charge in [-0.2, -0.15) is 0 Å². The second-order valence-corrected chi connectivity index (χ2v) is 6.92. The lowest BCUT2D eigenvalue weighted by Crippen LogP contribution is -2.54. The van der Waals surface area contributed by atoms with E-state index in [1.165, 1.54) is 6.07 Å². The highest BCUT2D eigenvalue weighted by Crippen LogP contribution is 2.11. The van der Waals surface area contributed by atoms with Gasteiger partial charge in [0.05, 0.1) is 6.54 Å². The number of nitrogens with one attached hydrogen (secondary N) is 2. The first-order valence-corrected chi connectivity index (χ1v) is 9.31. The molecule has 0 saturated carbocycles. The molecule has 6 nitrogen and oxygen atoms in total. The van der Waals surface area contributed by atoms with Crippen LogP contribution in [0, 0.1) is 11.6 Å². The summed E-state index contributed by atoms with van der Waals surface area (Å²) in [5.74, 6) is -0.840. The average Bonchev–Trinajstić information content (AvgIpc) is 2.62. The van der Waals surface area contributed by atoms with Gasteiger partial charge in [-0.1, -0.05) is 12.1 Å². The number of halogens is 2. The van der Waals surface area contributed by atoms with Gasteiger partial charge in [-0.3, -0.25) is 14.7 Å². The predicted octanol–water partition coefficient (Wildman–Crippen LogP) is 1.22. The van der Waals surface area contributed by atoms with E-state index < -0.39 is 11.6 Å². The van der Waals surface area contributed by atoms with Crippen LogP contribution in [0.15, 0.2) is 23.2 Å². The first-order chi connectivity index (χ1) is 12.9. The zero-order valence-electron chi connectivity index (χ0n) is 16.3. The number of rotatable bonds is 6. The van der Waals surface area contributed by atoms with Gasteiger partial charge in [-0.05, 0) is 31.9 Å². The van der Waals surface area contributed by atoms with Crippen LogP contribution in [0.2, 0.25) is 0 Å². The monoisotopic (exact) mass is 381 g/mol. The SMILES string of the molecule is CN=C(NCCc1cccc(F)c1F)N1CCN(CC(=O)NC(C)C)CC1. The van der Waals surface area contributed by atoms with Crippen LogP contribution >= 0.6 is 0 Å². The third-order valence-electron chi connectivity index (χ3n) is 4.41. The van der Waals surface area contributed by atoms with Gasteiger partial charge in [0.2, 0.25) is 5.91 Å². The van der Waals surface area contributed by atoms with Gasteiger partial charge < -0.3 is 15.5 Å². The summed E-state index contributed by atoms with van der Waals surface area (Å²) in [7, 11) is 1.70. The molecule has 150 valence electrons. The molecular weight excluding hydrogens is 352 g/mol. The van der Waals surface area contributed by atoms with Crippen LogP contribution in [0.5, 0.6) is 0 Å². The number of hydrogen-bond donors (Lipinski definition) is 2. The topological polar surface area (TPSA) is 60.0 Å². The number of carbonyl (C=O) groups is 1. The number of aliphatic imine (C=N–C) groups is 1. The Morgan fingerprint density at radius 2 is 1.93 bits per heavy atom. The highest BCUT2D eigenvalue weighted by Gasteiger charge is 2.21. The summed E-state index contributed by atoms with van der Waals surface area (Å²) in [6.07, 6.45) is 0.373. The summed E-state index contributed by atoms with van der Waals surface area (Å²) in [5.41, 5.74) is 0.346. The number of piperazine rings is 1. The molecule has 0 aromatic heterocycles. The van der Waals surface area contributed by atoms with Gasteiger partial charge >= 0.3 is 0 Å². The fourth-order valence-corrected chi connectivity index (χ4v) is 3.07. The summed E-state index contributed by atoms with van der Waals surface area (Å²) >= 11 is 0. The normalized spacial score (nSPS) is 15.9. The van der Waals surface area contributed by atoms with E-state index in [1.54, 1.807) is 13.1 Å². The number of amides is 1. The maximum Gasteiger partial charge on any atom is 0.234 e. The summed E-state index contributed by atoms with van der Waals surface area (Å²) in [6, 6.07) is 4.36. The molecule has 0 aliphatic carbocycles. The molecule has 1 amide bonds. The van der Waals surface area contributed by atoms with E-state index in [2.05, 4.69) is 25.4 Å². The summed E-state index contributed by atoms with van der Waals surface area (Å²) in [5, 5.41) is 6.10. The average molecular weight is 381 g/mol. The van der Waals surface area contributed by atoms with E-state index in [-0.39, 0.29) is 11.9 Å². The van der Waals surface area contributed by atoms with Crippen LogP contribution in [-0.2, 0) is 11.2 Å². The third kappa shape index (κ3) is 6.46. The Morgan fingerprint density at radius 3 is 2.56 bits per heavy atom. The van der Waals surface area contributed by atoms with Crippen molar-refractivity contribution in [3.05, 3.63) is 35.4 Å². The van der Waals surface area contributed by atoms with E-state index in [4.69, 9.17) is 0 Å². The number of benzene rings is 1.